The number of methoxy groups -OCH3 is 1. The van der Waals surface area contributed by atoms with Gasteiger partial charge in [-0.05, 0) is 25.1 Å². The molecule has 0 aliphatic heterocycles. The highest BCUT2D eigenvalue weighted by atomic mass is 32.1. The quantitative estimate of drug-likeness (QED) is 0.211. The zero-order valence-corrected chi connectivity index (χ0v) is 16.9. The molecule has 0 saturated carbocycles. The fourth-order valence-electron chi connectivity index (χ4n) is 2.70. The number of anilines is 1. The average Bonchev–Trinajstić information content (AvgIpc) is 3.32. The van der Waals surface area contributed by atoms with Crippen LogP contribution in [-0.2, 0) is 14.3 Å². The van der Waals surface area contributed by atoms with Crippen LogP contribution in [0.25, 0.3) is 16.2 Å². The molecule has 0 aliphatic carbocycles. The van der Waals surface area contributed by atoms with E-state index >= 15 is 0 Å². The van der Waals surface area contributed by atoms with E-state index in [1.165, 1.54) is 20.1 Å². The largest absolute Gasteiger partial charge is 0.465 e. The van der Waals surface area contributed by atoms with Gasteiger partial charge < -0.3 is 15.3 Å². The average molecular weight is 416 g/mol. The van der Waals surface area contributed by atoms with E-state index in [1.807, 2.05) is 19.1 Å². The van der Waals surface area contributed by atoms with Crippen LogP contribution in [0.5, 0.6) is 0 Å². The van der Waals surface area contributed by atoms with Gasteiger partial charge in [0.2, 0.25) is 0 Å². The number of aryl methyl sites for hydroxylation is 1. The molecule has 0 bridgehead atoms. The minimum Gasteiger partial charge on any atom is -0.465 e. The van der Waals surface area contributed by atoms with Crippen molar-refractivity contribution in [2.24, 2.45) is 16.8 Å². The van der Waals surface area contributed by atoms with E-state index in [1.54, 1.807) is 28.1 Å². The highest BCUT2D eigenvalue weighted by molar-refractivity contribution is 7.15. The number of carbonyl (C=O) groups is 2. The predicted octanol–water partition coefficient (Wildman–Crippen LogP) is 1.67. The van der Waals surface area contributed by atoms with E-state index in [9.17, 15) is 9.59 Å². The number of fused-ring (bicyclic) bond motifs is 1. The van der Waals surface area contributed by atoms with Crippen LogP contribution in [0.3, 0.4) is 0 Å². The molecule has 0 fully saturated rings. The molecule has 152 valence electrons. The van der Waals surface area contributed by atoms with Crippen molar-refractivity contribution in [3.8, 4) is 10.6 Å². The lowest BCUT2D eigenvalue weighted by Crippen LogP contribution is -2.41. The molecular formula is C18H20N6O4S. The summed E-state index contributed by atoms with van der Waals surface area (Å²) >= 11 is 1.59. The number of aromatic nitrogens is 2. The highest BCUT2D eigenvalue weighted by Crippen LogP contribution is 2.31. The van der Waals surface area contributed by atoms with E-state index in [0.29, 0.717) is 11.3 Å². The Labute approximate surface area is 170 Å². The molecular weight excluding hydrogens is 396 g/mol. The van der Waals surface area contributed by atoms with Crippen molar-refractivity contribution in [2.45, 2.75) is 13.8 Å². The SMILES string of the molecule is COC(=O)c1cc(N(N)/C(COC(C)=O)=N\N)c2ncc(-c3ccc(C)s3)n2c1. The molecule has 0 atom stereocenters. The van der Waals surface area contributed by atoms with E-state index in [-0.39, 0.29) is 18.0 Å². The topological polar surface area (TPSA) is 138 Å². The van der Waals surface area contributed by atoms with Crippen molar-refractivity contribution < 1.29 is 19.1 Å². The Balaban J connectivity index is 2.16. The molecule has 0 aliphatic rings. The standard InChI is InChI=1S/C18H20N6O4S/c1-10-4-5-15(29-10)14-7-21-17-13(6-12(8-23(14)17)18(26)27-3)24(20)16(22-19)9-28-11(2)25/h4-8H,9,19-20H2,1-3H3/b22-16-. The Morgan fingerprint density at radius 3 is 2.72 bits per heavy atom. The Hall–Kier alpha value is -3.44. The third kappa shape index (κ3) is 4.05. The number of ether oxygens (including phenoxy) is 2. The van der Waals surface area contributed by atoms with Gasteiger partial charge in [-0.1, -0.05) is 0 Å². The molecule has 3 aromatic rings. The molecule has 0 radical (unpaired) electrons. The number of nitrogens with zero attached hydrogens (tertiary/aromatic N) is 4. The second-order valence-electron chi connectivity index (χ2n) is 6.05. The van der Waals surface area contributed by atoms with Gasteiger partial charge in [-0.15, -0.1) is 11.3 Å². The van der Waals surface area contributed by atoms with Crippen LogP contribution in [0.15, 0.2) is 35.7 Å². The minimum atomic E-state index is -0.546. The van der Waals surface area contributed by atoms with Crippen LogP contribution in [0.1, 0.15) is 22.2 Å². The van der Waals surface area contributed by atoms with Crippen LogP contribution >= 0.6 is 11.3 Å². The van der Waals surface area contributed by atoms with Crippen molar-refractivity contribution in [3.05, 3.63) is 41.0 Å². The van der Waals surface area contributed by atoms with Crippen LogP contribution in [0, 0.1) is 6.92 Å². The van der Waals surface area contributed by atoms with Gasteiger partial charge in [-0.3, -0.25) is 14.2 Å². The molecule has 3 heterocycles. The molecule has 29 heavy (non-hydrogen) atoms. The number of hydrazone groups is 1. The van der Waals surface area contributed by atoms with Gasteiger partial charge in [-0.25, -0.2) is 15.6 Å². The van der Waals surface area contributed by atoms with E-state index < -0.39 is 11.9 Å². The number of imidazole rings is 1. The maximum atomic E-state index is 12.2. The second kappa shape index (κ2) is 8.29. The molecule has 4 N–H and O–H groups in total. The lowest BCUT2D eigenvalue weighted by molar-refractivity contribution is -0.139. The molecule has 0 aromatic carbocycles. The summed E-state index contributed by atoms with van der Waals surface area (Å²) in [5.41, 5.74) is 1.83. The Morgan fingerprint density at radius 2 is 2.14 bits per heavy atom. The summed E-state index contributed by atoms with van der Waals surface area (Å²) in [6, 6.07) is 5.48. The fourth-order valence-corrected chi connectivity index (χ4v) is 3.58. The van der Waals surface area contributed by atoms with Crippen LogP contribution < -0.4 is 16.7 Å². The number of carbonyl (C=O) groups excluding carboxylic acids is 2. The number of hydrazine groups is 1. The molecule has 11 heteroatoms. The van der Waals surface area contributed by atoms with Gasteiger partial charge in [0.05, 0.1) is 29.4 Å². The second-order valence-corrected chi connectivity index (χ2v) is 7.34. The number of amidine groups is 1. The van der Waals surface area contributed by atoms with Gasteiger partial charge >= 0.3 is 11.9 Å². The zero-order chi connectivity index (χ0) is 21.1. The number of pyridine rings is 1. The van der Waals surface area contributed by atoms with Gasteiger partial charge in [0.1, 0.15) is 5.69 Å². The van der Waals surface area contributed by atoms with Crippen LogP contribution in [0.2, 0.25) is 0 Å². The molecule has 0 amide bonds. The number of hydrogen-bond donors (Lipinski definition) is 2. The summed E-state index contributed by atoms with van der Waals surface area (Å²) in [7, 11) is 1.29. The monoisotopic (exact) mass is 416 g/mol. The van der Waals surface area contributed by atoms with E-state index in [0.717, 1.165) is 20.5 Å². The highest BCUT2D eigenvalue weighted by Gasteiger charge is 2.21. The van der Waals surface area contributed by atoms with E-state index in [4.69, 9.17) is 21.2 Å². The lowest BCUT2D eigenvalue weighted by Gasteiger charge is -2.21. The van der Waals surface area contributed by atoms with Crippen LogP contribution in [0.4, 0.5) is 5.69 Å². The van der Waals surface area contributed by atoms with Gasteiger partial charge in [0, 0.05) is 18.0 Å². The normalized spacial score (nSPS) is 11.5. The first-order chi connectivity index (χ1) is 13.8. The Morgan fingerprint density at radius 1 is 1.38 bits per heavy atom. The molecule has 3 aromatic heterocycles. The van der Waals surface area contributed by atoms with Crippen LogP contribution in [-0.4, -0.2) is 40.9 Å². The van der Waals surface area contributed by atoms with Crippen molar-refractivity contribution in [3.63, 3.8) is 0 Å². The maximum absolute atomic E-state index is 12.2. The van der Waals surface area contributed by atoms with Crippen molar-refractivity contribution in [1.29, 1.82) is 0 Å². The molecule has 10 nitrogen and oxygen atoms in total. The summed E-state index contributed by atoms with van der Waals surface area (Å²) in [6.07, 6.45) is 3.31. The number of esters is 2. The molecule has 3 rings (SSSR count). The Bertz CT molecular complexity index is 1100. The molecule has 0 unspecified atom stereocenters. The number of nitrogens with two attached hydrogens (primary N) is 2. The fraction of sp³-hybridized carbons (Fsp3) is 0.222. The van der Waals surface area contributed by atoms with Gasteiger partial charge in [-0.2, -0.15) is 5.10 Å². The first kappa shape index (κ1) is 20.3. The predicted molar refractivity (Wildman–Crippen MR) is 110 cm³/mol. The smallest absolute Gasteiger partial charge is 0.339 e. The summed E-state index contributed by atoms with van der Waals surface area (Å²) in [5.74, 6) is 10.6. The summed E-state index contributed by atoms with van der Waals surface area (Å²) in [6.45, 7) is 3.02. The van der Waals surface area contributed by atoms with Gasteiger partial charge in [0.25, 0.3) is 0 Å². The Kier molecular flexibility index (Phi) is 5.80. The lowest BCUT2D eigenvalue weighted by atomic mass is 10.2. The minimum absolute atomic E-state index is 0.0700. The molecule has 0 saturated heterocycles. The number of hydrogen-bond acceptors (Lipinski definition) is 9. The van der Waals surface area contributed by atoms with Crippen molar-refractivity contribution >= 4 is 40.4 Å². The van der Waals surface area contributed by atoms with E-state index in [2.05, 4.69) is 10.1 Å². The summed E-state index contributed by atoms with van der Waals surface area (Å²) in [4.78, 5) is 29.9. The maximum Gasteiger partial charge on any atom is 0.339 e. The first-order valence-corrected chi connectivity index (χ1v) is 9.28. The van der Waals surface area contributed by atoms with Crippen molar-refractivity contribution in [1.82, 2.24) is 9.38 Å². The summed E-state index contributed by atoms with van der Waals surface area (Å²) in [5, 5.41) is 4.72. The number of thiophene rings is 1. The first-order valence-electron chi connectivity index (χ1n) is 8.47. The van der Waals surface area contributed by atoms with Gasteiger partial charge in [0.15, 0.2) is 18.1 Å². The third-order valence-electron chi connectivity index (χ3n) is 4.09. The van der Waals surface area contributed by atoms with Crippen molar-refractivity contribution in [2.75, 3.05) is 18.7 Å². The zero-order valence-electron chi connectivity index (χ0n) is 16.1. The third-order valence-corrected chi connectivity index (χ3v) is 5.11. The summed E-state index contributed by atoms with van der Waals surface area (Å²) < 4.78 is 11.5. The number of rotatable bonds is 5. The molecule has 0 spiro atoms.